The number of aryl methyl sites for hydroxylation is 2. The summed E-state index contributed by atoms with van der Waals surface area (Å²) in [5.74, 6) is 1.00. The molecule has 3 heteroatoms. The van der Waals surface area contributed by atoms with Crippen LogP contribution in [-0.4, -0.2) is 18.1 Å². The van der Waals surface area contributed by atoms with Crippen molar-refractivity contribution in [1.29, 1.82) is 0 Å². The van der Waals surface area contributed by atoms with E-state index in [4.69, 9.17) is 5.73 Å². The molecule has 1 aromatic heterocycles. The molecule has 1 heterocycles. The molecule has 1 aromatic rings. The van der Waals surface area contributed by atoms with Gasteiger partial charge in [0.05, 0.1) is 0 Å². The third-order valence-electron chi connectivity index (χ3n) is 2.87. The van der Waals surface area contributed by atoms with Gasteiger partial charge in [-0.05, 0) is 50.3 Å². The maximum Gasteiger partial charge on any atom is 0.126 e. The summed E-state index contributed by atoms with van der Waals surface area (Å²) in [6.07, 6.45) is 5.94. The maximum absolute atomic E-state index is 5.44. The lowest BCUT2D eigenvalue weighted by Gasteiger charge is -2.15. The smallest absolute Gasteiger partial charge is 0.126 e. The number of rotatable bonds is 4. The molecule has 0 bridgehead atoms. The molecule has 0 atom stereocenters. The Labute approximate surface area is 91.1 Å². The van der Waals surface area contributed by atoms with Crippen molar-refractivity contribution in [2.75, 3.05) is 18.4 Å². The van der Waals surface area contributed by atoms with Crippen LogP contribution in [0.4, 0.5) is 5.82 Å². The van der Waals surface area contributed by atoms with Crippen LogP contribution < -0.4 is 11.1 Å². The van der Waals surface area contributed by atoms with Gasteiger partial charge in [0.2, 0.25) is 0 Å². The summed E-state index contributed by atoms with van der Waals surface area (Å²) in [5.41, 5.74) is 8.17. The van der Waals surface area contributed by atoms with E-state index in [0.29, 0.717) is 0 Å². The van der Waals surface area contributed by atoms with Gasteiger partial charge in [-0.25, -0.2) is 4.98 Å². The molecule has 0 saturated heterocycles. The van der Waals surface area contributed by atoms with E-state index in [9.17, 15) is 0 Å². The third-order valence-corrected chi connectivity index (χ3v) is 2.87. The standard InChI is InChI=1S/C12H19N3/c13-8-3-9-14-12-7-6-10-4-1-2-5-11(10)15-12/h6-7H,1-5,8-9,13H2,(H,14,15). The number of nitrogens with zero attached hydrogens (tertiary/aromatic N) is 1. The minimum atomic E-state index is 0.734. The van der Waals surface area contributed by atoms with Crippen molar-refractivity contribution in [2.45, 2.75) is 32.1 Å². The molecule has 0 aromatic carbocycles. The molecule has 3 nitrogen and oxygen atoms in total. The second kappa shape index (κ2) is 5.12. The zero-order valence-electron chi connectivity index (χ0n) is 9.13. The number of pyridine rings is 1. The summed E-state index contributed by atoms with van der Waals surface area (Å²) in [7, 11) is 0. The van der Waals surface area contributed by atoms with Gasteiger partial charge in [0.15, 0.2) is 0 Å². The average Bonchev–Trinajstić information content (AvgIpc) is 2.29. The Morgan fingerprint density at radius 3 is 3.00 bits per heavy atom. The van der Waals surface area contributed by atoms with Gasteiger partial charge in [0.1, 0.15) is 5.82 Å². The summed E-state index contributed by atoms with van der Waals surface area (Å²) in [5, 5.41) is 3.30. The van der Waals surface area contributed by atoms with Gasteiger partial charge in [-0.15, -0.1) is 0 Å². The Balaban J connectivity index is 2.00. The number of aromatic nitrogens is 1. The average molecular weight is 205 g/mol. The van der Waals surface area contributed by atoms with Crippen LogP contribution in [0.3, 0.4) is 0 Å². The summed E-state index contributed by atoms with van der Waals surface area (Å²) in [6, 6.07) is 4.30. The van der Waals surface area contributed by atoms with Crippen LogP contribution in [0.15, 0.2) is 12.1 Å². The fraction of sp³-hybridized carbons (Fsp3) is 0.583. The van der Waals surface area contributed by atoms with Crippen LogP contribution in [0.2, 0.25) is 0 Å². The molecule has 3 N–H and O–H groups in total. The third kappa shape index (κ3) is 2.69. The van der Waals surface area contributed by atoms with Gasteiger partial charge in [-0.3, -0.25) is 0 Å². The Hall–Kier alpha value is -1.09. The molecule has 1 aliphatic carbocycles. The van der Waals surface area contributed by atoms with Gasteiger partial charge >= 0.3 is 0 Å². The molecule has 0 unspecified atom stereocenters. The van der Waals surface area contributed by atoms with Crippen molar-refractivity contribution in [2.24, 2.45) is 5.73 Å². The maximum atomic E-state index is 5.44. The second-order valence-corrected chi connectivity index (χ2v) is 4.08. The van der Waals surface area contributed by atoms with Crippen molar-refractivity contribution in [3.05, 3.63) is 23.4 Å². The van der Waals surface area contributed by atoms with E-state index in [-0.39, 0.29) is 0 Å². The lowest BCUT2D eigenvalue weighted by atomic mass is 9.96. The zero-order valence-corrected chi connectivity index (χ0v) is 9.13. The first-order chi connectivity index (χ1) is 7.40. The van der Waals surface area contributed by atoms with Crippen LogP contribution in [0.1, 0.15) is 30.5 Å². The topological polar surface area (TPSA) is 50.9 Å². The Morgan fingerprint density at radius 2 is 2.13 bits per heavy atom. The number of fused-ring (bicyclic) bond motifs is 1. The normalized spacial score (nSPS) is 14.7. The van der Waals surface area contributed by atoms with E-state index in [0.717, 1.165) is 31.7 Å². The van der Waals surface area contributed by atoms with Gasteiger partial charge in [-0.1, -0.05) is 6.07 Å². The van der Waals surface area contributed by atoms with E-state index < -0.39 is 0 Å². The first-order valence-electron chi connectivity index (χ1n) is 5.83. The minimum absolute atomic E-state index is 0.734. The van der Waals surface area contributed by atoms with E-state index in [1.807, 2.05) is 0 Å². The van der Waals surface area contributed by atoms with Crippen molar-refractivity contribution < 1.29 is 0 Å². The fourth-order valence-corrected chi connectivity index (χ4v) is 2.00. The minimum Gasteiger partial charge on any atom is -0.370 e. The van der Waals surface area contributed by atoms with Crippen LogP contribution in [0.25, 0.3) is 0 Å². The first-order valence-corrected chi connectivity index (χ1v) is 5.83. The molecule has 82 valence electrons. The van der Waals surface area contributed by atoms with Crippen molar-refractivity contribution in [1.82, 2.24) is 4.98 Å². The van der Waals surface area contributed by atoms with Gasteiger partial charge in [0, 0.05) is 12.2 Å². The van der Waals surface area contributed by atoms with E-state index in [2.05, 4.69) is 22.4 Å². The lowest BCUT2D eigenvalue weighted by molar-refractivity contribution is 0.668. The van der Waals surface area contributed by atoms with Crippen molar-refractivity contribution in [3.63, 3.8) is 0 Å². The monoisotopic (exact) mass is 205 g/mol. The predicted octanol–water partition coefficient (Wildman–Crippen LogP) is 1.72. The number of anilines is 1. The molecule has 0 amide bonds. The van der Waals surface area contributed by atoms with E-state index in [1.54, 1.807) is 0 Å². The molecular formula is C12H19N3. The van der Waals surface area contributed by atoms with Gasteiger partial charge in [-0.2, -0.15) is 0 Å². The highest BCUT2D eigenvalue weighted by molar-refractivity contribution is 5.39. The highest BCUT2D eigenvalue weighted by Gasteiger charge is 2.10. The molecule has 1 aliphatic rings. The van der Waals surface area contributed by atoms with Crippen molar-refractivity contribution in [3.8, 4) is 0 Å². The Morgan fingerprint density at radius 1 is 1.27 bits per heavy atom. The predicted molar refractivity (Wildman–Crippen MR) is 63.0 cm³/mol. The van der Waals surface area contributed by atoms with Crippen LogP contribution >= 0.6 is 0 Å². The summed E-state index contributed by atoms with van der Waals surface area (Å²) >= 11 is 0. The fourth-order valence-electron chi connectivity index (χ4n) is 2.00. The molecule has 0 fully saturated rings. The molecular weight excluding hydrogens is 186 g/mol. The number of hydrogen-bond acceptors (Lipinski definition) is 3. The molecule has 0 spiro atoms. The molecule has 2 rings (SSSR count). The summed E-state index contributed by atoms with van der Waals surface area (Å²) in [6.45, 7) is 1.65. The molecule has 15 heavy (non-hydrogen) atoms. The largest absolute Gasteiger partial charge is 0.370 e. The SMILES string of the molecule is NCCCNc1ccc2c(n1)CCCC2. The summed E-state index contributed by atoms with van der Waals surface area (Å²) in [4.78, 5) is 4.63. The lowest BCUT2D eigenvalue weighted by Crippen LogP contribution is -2.11. The van der Waals surface area contributed by atoms with Gasteiger partial charge in [0.25, 0.3) is 0 Å². The highest BCUT2D eigenvalue weighted by atomic mass is 15.0. The van der Waals surface area contributed by atoms with Crippen LogP contribution in [0, 0.1) is 0 Å². The second-order valence-electron chi connectivity index (χ2n) is 4.08. The van der Waals surface area contributed by atoms with E-state index in [1.165, 1.54) is 30.5 Å². The van der Waals surface area contributed by atoms with Gasteiger partial charge < -0.3 is 11.1 Å². The zero-order chi connectivity index (χ0) is 10.5. The number of hydrogen-bond donors (Lipinski definition) is 2. The quantitative estimate of drug-likeness (QED) is 0.736. The van der Waals surface area contributed by atoms with Crippen molar-refractivity contribution >= 4 is 5.82 Å². The molecule has 0 radical (unpaired) electrons. The number of nitrogens with one attached hydrogen (secondary N) is 1. The molecule has 0 saturated carbocycles. The Kier molecular flexibility index (Phi) is 3.56. The van der Waals surface area contributed by atoms with Crippen LogP contribution in [-0.2, 0) is 12.8 Å². The Bertz CT molecular complexity index is 323. The first kappa shape index (κ1) is 10.4. The summed E-state index contributed by atoms with van der Waals surface area (Å²) < 4.78 is 0. The number of nitrogens with two attached hydrogens (primary N) is 1. The van der Waals surface area contributed by atoms with E-state index >= 15 is 0 Å². The molecule has 0 aliphatic heterocycles. The highest BCUT2D eigenvalue weighted by Crippen LogP contribution is 2.20. The van der Waals surface area contributed by atoms with Crippen LogP contribution in [0.5, 0.6) is 0 Å².